The highest BCUT2D eigenvalue weighted by Crippen LogP contribution is 2.14. The zero-order chi connectivity index (χ0) is 18.1. The second kappa shape index (κ2) is 9.70. The number of benzene rings is 1. The number of nitrogens with one attached hydrogen (secondary N) is 1. The molecule has 0 aromatic heterocycles. The SMILES string of the molecule is CC(=O)c1cccc(OCCCC(=O)N[C@@H](CC(C)C)C(=O)O)c1. The molecule has 132 valence electrons. The zero-order valence-electron chi connectivity index (χ0n) is 14.4. The number of rotatable bonds is 10. The summed E-state index contributed by atoms with van der Waals surface area (Å²) in [6, 6.07) is 6.00. The predicted molar refractivity (Wildman–Crippen MR) is 90.2 cm³/mol. The maximum atomic E-state index is 11.8. The van der Waals surface area contributed by atoms with E-state index in [1.807, 2.05) is 13.8 Å². The van der Waals surface area contributed by atoms with Gasteiger partial charge in [-0.1, -0.05) is 26.0 Å². The van der Waals surface area contributed by atoms with E-state index in [0.717, 1.165) is 0 Å². The molecule has 0 aliphatic rings. The van der Waals surface area contributed by atoms with Gasteiger partial charge in [-0.15, -0.1) is 0 Å². The summed E-state index contributed by atoms with van der Waals surface area (Å²) >= 11 is 0. The van der Waals surface area contributed by atoms with E-state index in [2.05, 4.69) is 5.32 Å². The van der Waals surface area contributed by atoms with E-state index in [1.165, 1.54) is 6.92 Å². The van der Waals surface area contributed by atoms with Gasteiger partial charge in [-0.2, -0.15) is 0 Å². The van der Waals surface area contributed by atoms with Crippen molar-refractivity contribution in [3.05, 3.63) is 29.8 Å². The Morgan fingerprint density at radius 1 is 1.25 bits per heavy atom. The van der Waals surface area contributed by atoms with Gasteiger partial charge in [0.05, 0.1) is 6.61 Å². The van der Waals surface area contributed by atoms with Crippen LogP contribution >= 0.6 is 0 Å². The number of aliphatic carboxylic acids is 1. The van der Waals surface area contributed by atoms with E-state index in [0.29, 0.717) is 30.8 Å². The van der Waals surface area contributed by atoms with Crippen LogP contribution in [-0.4, -0.2) is 35.4 Å². The van der Waals surface area contributed by atoms with E-state index in [4.69, 9.17) is 9.84 Å². The smallest absolute Gasteiger partial charge is 0.326 e. The summed E-state index contributed by atoms with van der Waals surface area (Å²) in [5.74, 6) is -0.599. The van der Waals surface area contributed by atoms with Crippen LogP contribution in [0.2, 0.25) is 0 Å². The number of carbonyl (C=O) groups excluding carboxylic acids is 2. The molecule has 0 spiro atoms. The number of carboxylic acids is 1. The lowest BCUT2D eigenvalue weighted by Gasteiger charge is -2.16. The van der Waals surface area contributed by atoms with Crippen LogP contribution in [-0.2, 0) is 9.59 Å². The maximum Gasteiger partial charge on any atom is 0.326 e. The first kappa shape index (κ1) is 19.7. The summed E-state index contributed by atoms with van der Waals surface area (Å²) in [6.07, 6.45) is 1.05. The Hall–Kier alpha value is -2.37. The molecule has 1 aromatic rings. The standard InChI is InChI=1S/C18H25NO5/c1-12(2)10-16(18(22)23)19-17(21)8-5-9-24-15-7-4-6-14(11-15)13(3)20/h4,6-7,11-12,16H,5,8-10H2,1-3H3,(H,19,21)(H,22,23)/t16-/m0/s1. The fourth-order valence-electron chi connectivity index (χ4n) is 2.19. The Kier molecular flexibility index (Phi) is 7.95. The molecule has 24 heavy (non-hydrogen) atoms. The normalized spacial score (nSPS) is 11.8. The zero-order valence-corrected chi connectivity index (χ0v) is 14.4. The van der Waals surface area contributed by atoms with Crippen LogP contribution in [0, 0.1) is 5.92 Å². The molecule has 1 aromatic carbocycles. The minimum atomic E-state index is -1.02. The van der Waals surface area contributed by atoms with Crippen molar-refractivity contribution in [2.75, 3.05) is 6.61 Å². The van der Waals surface area contributed by atoms with Gasteiger partial charge in [-0.05, 0) is 37.8 Å². The summed E-state index contributed by atoms with van der Waals surface area (Å²) in [5.41, 5.74) is 0.572. The summed E-state index contributed by atoms with van der Waals surface area (Å²) < 4.78 is 5.52. The molecule has 0 saturated carbocycles. The van der Waals surface area contributed by atoms with Gasteiger partial charge in [0.1, 0.15) is 11.8 Å². The van der Waals surface area contributed by atoms with E-state index in [1.54, 1.807) is 24.3 Å². The van der Waals surface area contributed by atoms with Crippen LogP contribution in [0.25, 0.3) is 0 Å². The molecule has 0 bridgehead atoms. The molecule has 0 radical (unpaired) electrons. The summed E-state index contributed by atoms with van der Waals surface area (Å²) in [4.78, 5) is 34.2. The monoisotopic (exact) mass is 335 g/mol. The molecule has 6 nitrogen and oxygen atoms in total. The molecule has 0 heterocycles. The fraction of sp³-hybridized carbons (Fsp3) is 0.500. The Bertz CT molecular complexity index is 583. The minimum Gasteiger partial charge on any atom is -0.494 e. The molecule has 1 atom stereocenters. The molecular formula is C18H25NO5. The van der Waals surface area contributed by atoms with Gasteiger partial charge in [-0.3, -0.25) is 9.59 Å². The quantitative estimate of drug-likeness (QED) is 0.506. The number of ether oxygens (including phenoxy) is 1. The summed E-state index contributed by atoms with van der Waals surface area (Å²) in [7, 11) is 0. The molecule has 1 rings (SSSR count). The van der Waals surface area contributed by atoms with E-state index < -0.39 is 12.0 Å². The molecule has 0 fully saturated rings. The third-order valence-electron chi connectivity index (χ3n) is 3.40. The van der Waals surface area contributed by atoms with E-state index >= 15 is 0 Å². The van der Waals surface area contributed by atoms with Gasteiger partial charge in [0, 0.05) is 12.0 Å². The van der Waals surface area contributed by atoms with Crippen molar-refractivity contribution in [3.63, 3.8) is 0 Å². The second-order valence-corrected chi connectivity index (χ2v) is 6.12. The largest absolute Gasteiger partial charge is 0.494 e. The van der Waals surface area contributed by atoms with Crippen molar-refractivity contribution in [1.82, 2.24) is 5.32 Å². The third kappa shape index (κ3) is 7.26. The van der Waals surface area contributed by atoms with Crippen molar-refractivity contribution >= 4 is 17.7 Å². The Labute approximate surface area is 142 Å². The van der Waals surface area contributed by atoms with Crippen LogP contribution < -0.4 is 10.1 Å². The lowest BCUT2D eigenvalue weighted by atomic mass is 10.0. The average molecular weight is 335 g/mol. The van der Waals surface area contributed by atoms with E-state index in [9.17, 15) is 14.4 Å². The lowest BCUT2D eigenvalue weighted by Crippen LogP contribution is -2.41. The highest BCUT2D eigenvalue weighted by molar-refractivity contribution is 5.94. The van der Waals surface area contributed by atoms with Crippen LogP contribution in [0.5, 0.6) is 5.75 Å². The lowest BCUT2D eigenvalue weighted by molar-refractivity contribution is -0.142. The maximum absolute atomic E-state index is 11.8. The molecule has 6 heteroatoms. The Balaban J connectivity index is 2.36. The van der Waals surface area contributed by atoms with Gasteiger partial charge < -0.3 is 15.2 Å². The molecular weight excluding hydrogens is 310 g/mol. The highest BCUT2D eigenvalue weighted by Gasteiger charge is 2.20. The molecule has 0 saturated heterocycles. The first-order valence-electron chi connectivity index (χ1n) is 8.05. The second-order valence-electron chi connectivity index (χ2n) is 6.12. The molecule has 1 amide bonds. The van der Waals surface area contributed by atoms with Gasteiger partial charge >= 0.3 is 5.97 Å². The van der Waals surface area contributed by atoms with Crippen molar-refractivity contribution in [2.45, 2.75) is 46.1 Å². The van der Waals surface area contributed by atoms with Crippen LogP contribution in [0.1, 0.15) is 50.4 Å². The number of hydrogen-bond acceptors (Lipinski definition) is 4. The van der Waals surface area contributed by atoms with Crippen LogP contribution in [0.3, 0.4) is 0 Å². The average Bonchev–Trinajstić information content (AvgIpc) is 2.50. The van der Waals surface area contributed by atoms with Gasteiger partial charge in [0.15, 0.2) is 5.78 Å². The van der Waals surface area contributed by atoms with E-state index in [-0.39, 0.29) is 24.0 Å². The summed E-state index contributed by atoms with van der Waals surface area (Å²) in [5, 5.41) is 11.6. The topological polar surface area (TPSA) is 92.7 Å². The molecule has 0 unspecified atom stereocenters. The van der Waals surface area contributed by atoms with Crippen molar-refractivity contribution in [1.29, 1.82) is 0 Å². The van der Waals surface area contributed by atoms with Crippen molar-refractivity contribution in [3.8, 4) is 5.75 Å². The first-order valence-corrected chi connectivity index (χ1v) is 8.05. The van der Waals surface area contributed by atoms with Gasteiger partial charge in [0.2, 0.25) is 5.91 Å². The molecule has 0 aliphatic heterocycles. The number of hydrogen-bond donors (Lipinski definition) is 2. The third-order valence-corrected chi connectivity index (χ3v) is 3.40. The van der Waals surface area contributed by atoms with Crippen LogP contribution in [0.4, 0.5) is 0 Å². The van der Waals surface area contributed by atoms with Crippen LogP contribution in [0.15, 0.2) is 24.3 Å². The van der Waals surface area contributed by atoms with Gasteiger partial charge in [0.25, 0.3) is 0 Å². The minimum absolute atomic E-state index is 0.0373. The fourth-order valence-corrected chi connectivity index (χ4v) is 2.19. The van der Waals surface area contributed by atoms with Gasteiger partial charge in [-0.25, -0.2) is 4.79 Å². The predicted octanol–water partition coefficient (Wildman–Crippen LogP) is 2.66. The number of Topliss-reactive ketones (excluding diaryl/α,β-unsaturated/α-hetero) is 1. The van der Waals surface area contributed by atoms with Crippen molar-refractivity contribution in [2.24, 2.45) is 5.92 Å². The highest BCUT2D eigenvalue weighted by atomic mass is 16.5. The molecule has 2 N–H and O–H groups in total. The number of ketones is 1. The Morgan fingerprint density at radius 2 is 1.96 bits per heavy atom. The number of amides is 1. The Morgan fingerprint density at radius 3 is 2.54 bits per heavy atom. The number of carbonyl (C=O) groups is 3. The first-order chi connectivity index (χ1) is 11.3. The summed E-state index contributed by atoms with van der Waals surface area (Å²) in [6.45, 7) is 5.62. The number of carboxylic acid groups (broad SMARTS) is 1. The van der Waals surface area contributed by atoms with Crippen molar-refractivity contribution < 1.29 is 24.2 Å². The molecule has 0 aliphatic carbocycles.